The number of halogens is 1. The van der Waals surface area contributed by atoms with Crippen LogP contribution in [0.15, 0.2) is 18.2 Å². The van der Waals surface area contributed by atoms with Gasteiger partial charge < -0.3 is 5.11 Å². The summed E-state index contributed by atoms with van der Waals surface area (Å²) >= 11 is 6.03. The van der Waals surface area contributed by atoms with E-state index >= 15 is 0 Å². The molecule has 0 bridgehead atoms. The lowest BCUT2D eigenvalue weighted by molar-refractivity contribution is 0.162. The summed E-state index contributed by atoms with van der Waals surface area (Å²) in [5.74, 6) is 0. The van der Waals surface area contributed by atoms with Gasteiger partial charge in [0.15, 0.2) is 0 Å². The molecule has 0 aromatic heterocycles. The van der Waals surface area contributed by atoms with Crippen LogP contribution < -0.4 is 0 Å². The van der Waals surface area contributed by atoms with E-state index in [4.69, 9.17) is 11.6 Å². The van der Waals surface area contributed by atoms with Gasteiger partial charge in [0.25, 0.3) is 0 Å². The zero-order chi connectivity index (χ0) is 12.0. The summed E-state index contributed by atoms with van der Waals surface area (Å²) < 4.78 is 0. The van der Waals surface area contributed by atoms with Crippen molar-refractivity contribution in [3.63, 3.8) is 0 Å². The number of hydrogen-bond acceptors (Lipinski definition) is 1. The van der Waals surface area contributed by atoms with Gasteiger partial charge in [0.05, 0.1) is 6.10 Å². The van der Waals surface area contributed by atoms with Crippen LogP contribution in [0.5, 0.6) is 0 Å². The third-order valence-corrected chi connectivity index (χ3v) is 3.41. The second-order valence-corrected chi connectivity index (χ2v) is 4.73. The number of aliphatic hydroxyl groups excluding tert-OH is 1. The first kappa shape index (κ1) is 13.5. The van der Waals surface area contributed by atoms with Gasteiger partial charge in [-0.25, -0.2) is 0 Å². The average Bonchev–Trinajstić information content (AvgIpc) is 2.28. The minimum absolute atomic E-state index is 0.365. The largest absolute Gasteiger partial charge is 0.388 e. The van der Waals surface area contributed by atoms with Crippen LogP contribution in [0.2, 0.25) is 5.02 Å². The van der Waals surface area contributed by atoms with E-state index in [0.717, 1.165) is 29.0 Å². The molecule has 1 rings (SSSR count). The molecular formula is C14H21ClO. The molecule has 0 amide bonds. The second-order valence-electron chi connectivity index (χ2n) is 4.32. The van der Waals surface area contributed by atoms with Gasteiger partial charge in [-0.15, -0.1) is 0 Å². The van der Waals surface area contributed by atoms with Crippen molar-refractivity contribution >= 4 is 11.6 Å². The fourth-order valence-electron chi connectivity index (χ4n) is 1.91. The van der Waals surface area contributed by atoms with Gasteiger partial charge in [-0.05, 0) is 30.5 Å². The monoisotopic (exact) mass is 240 g/mol. The normalized spacial score (nSPS) is 12.8. The van der Waals surface area contributed by atoms with E-state index in [2.05, 4.69) is 6.92 Å². The summed E-state index contributed by atoms with van der Waals surface area (Å²) in [4.78, 5) is 0. The molecule has 0 spiro atoms. The molecule has 1 atom stereocenters. The Kier molecular flexibility index (Phi) is 5.86. The highest BCUT2D eigenvalue weighted by atomic mass is 35.5. The van der Waals surface area contributed by atoms with Gasteiger partial charge in [0.2, 0.25) is 0 Å². The summed E-state index contributed by atoms with van der Waals surface area (Å²) in [6, 6.07) is 5.73. The van der Waals surface area contributed by atoms with Crippen molar-refractivity contribution in [1.29, 1.82) is 0 Å². The lowest BCUT2D eigenvalue weighted by Crippen LogP contribution is -2.00. The molecule has 0 aliphatic heterocycles. The topological polar surface area (TPSA) is 20.2 Å². The second kappa shape index (κ2) is 6.93. The predicted octanol–water partition coefficient (Wildman–Crippen LogP) is 4.65. The molecule has 0 saturated carbocycles. The highest BCUT2D eigenvalue weighted by Gasteiger charge is 2.11. The number of aliphatic hydroxyl groups is 1. The van der Waals surface area contributed by atoms with Gasteiger partial charge in [-0.1, -0.05) is 56.3 Å². The molecule has 2 heteroatoms. The summed E-state index contributed by atoms with van der Waals surface area (Å²) in [6.07, 6.45) is 5.23. The molecule has 0 aliphatic carbocycles. The van der Waals surface area contributed by atoms with Crippen molar-refractivity contribution < 1.29 is 5.11 Å². The van der Waals surface area contributed by atoms with E-state index in [1.807, 2.05) is 25.1 Å². The average molecular weight is 241 g/mol. The molecule has 1 aromatic carbocycles. The summed E-state index contributed by atoms with van der Waals surface area (Å²) in [5, 5.41) is 10.8. The lowest BCUT2D eigenvalue weighted by atomic mass is 9.99. The maximum atomic E-state index is 10.1. The van der Waals surface area contributed by atoms with E-state index < -0.39 is 0 Å². The molecule has 90 valence electrons. The number of hydrogen-bond donors (Lipinski definition) is 1. The fraction of sp³-hybridized carbons (Fsp3) is 0.571. The number of rotatable bonds is 6. The van der Waals surface area contributed by atoms with Crippen LogP contribution in [0.3, 0.4) is 0 Å². The van der Waals surface area contributed by atoms with Crippen LogP contribution in [0.25, 0.3) is 0 Å². The first-order valence-corrected chi connectivity index (χ1v) is 6.47. The maximum absolute atomic E-state index is 10.1. The summed E-state index contributed by atoms with van der Waals surface area (Å²) in [7, 11) is 0. The van der Waals surface area contributed by atoms with Gasteiger partial charge in [-0.3, -0.25) is 0 Å². The van der Waals surface area contributed by atoms with Crippen LogP contribution in [-0.4, -0.2) is 5.11 Å². The summed E-state index contributed by atoms with van der Waals surface area (Å²) in [5.41, 5.74) is 1.98. The first-order chi connectivity index (χ1) is 7.66. The third-order valence-electron chi connectivity index (χ3n) is 3.00. The fourth-order valence-corrected chi connectivity index (χ4v) is 2.09. The molecule has 0 radical (unpaired) electrons. The standard InChI is InChI=1S/C14H21ClO/c1-3-4-5-6-10-14(16)12-8-7-9-13(15)11(12)2/h7-9,14,16H,3-6,10H2,1-2H3. The SMILES string of the molecule is CCCCCCC(O)c1cccc(Cl)c1C. The van der Waals surface area contributed by atoms with Gasteiger partial charge in [0.1, 0.15) is 0 Å². The molecule has 1 unspecified atom stereocenters. The Hall–Kier alpha value is -0.530. The Labute approximate surface area is 103 Å². The molecule has 0 fully saturated rings. The lowest BCUT2D eigenvalue weighted by Gasteiger charge is -2.14. The molecular weight excluding hydrogens is 220 g/mol. The third kappa shape index (κ3) is 3.80. The van der Waals surface area contributed by atoms with E-state index in [0.29, 0.717) is 0 Å². The Morgan fingerprint density at radius 2 is 2.00 bits per heavy atom. The Bertz CT molecular complexity index is 323. The van der Waals surface area contributed by atoms with Crippen molar-refractivity contribution in [1.82, 2.24) is 0 Å². The van der Waals surface area contributed by atoms with E-state index in [1.165, 1.54) is 19.3 Å². The Morgan fingerprint density at radius 1 is 1.25 bits per heavy atom. The van der Waals surface area contributed by atoms with Crippen molar-refractivity contribution in [2.24, 2.45) is 0 Å². The smallest absolute Gasteiger partial charge is 0.0793 e. The van der Waals surface area contributed by atoms with Gasteiger partial charge >= 0.3 is 0 Å². The van der Waals surface area contributed by atoms with Crippen molar-refractivity contribution in [2.75, 3.05) is 0 Å². The first-order valence-electron chi connectivity index (χ1n) is 6.10. The number of unbranched alkanes of at least 4 members (excludes halogenated alkanes) is 3. The zero-order valence-corrected chi connectivity index (χ0v) is 10.9. The molecule has 1 nitrogen and oxygen atoms in total. The van der Waals surface area contributed by atoms with Crippen molar-refractivity contribution in [3.05, 3.63) is 34.3 Å². The molecule has 0 aliphatic rings. The van der Waals surface area contributed by atoms with Gasteiger partial charge in [-0.2, -0.15) is 0 Å². The van der Waals surface area contributed by atoms with E-state index in [-0.39, 0.29) is 6.10 Å². The Balaban J connectivity index is 2.52. The van der Waals surface area contributed by atoms with Crippen LogP contribution in [0.4, 0.5) is 0 Å². The quantitative estimate of drug-likeness (QED) is 0.718. The van der Waals surface area contributed by atoms with Crippen LogP contribution in [-0.2, 0) is 0 Å². The molecule has 16 heavy (non-hydrogen) atoms. The molecule has 1 N–H and O–H groups in total. The zero-order valence-electron chi connectivity index (χ0n) is 10.2. The summed E-state index contributed by atoms with van der Waals surface area (Å²) in [6.45, 7) is 4.16. The maximum Gasteiger partial charge on any atom is 0.0793 e. The number of benzene rings is 1. The molecule has 0 heterocycles. The Morgan fingerprint density at radius 3 is 2.69 bits per heavy atom. The van der Waals surface area contributed by atoms with Crippen LogP contribution >= 0.6 is 11.6 Å². The van der Waals surface area contributed by atoms with Crippen LogP contribution in [0.1, 0.15) is 56.3 Å². The van der Waals surface area contributed by atoms with E-state index in [1.54, 1.807) is 0 Å². The van der Waals surface area contributed by atoms with Crippen LogP contribution in [0, 0.1) is 6.92 Å². The highest BCUT2D eigenvalue weighted by molar-refractivity contribution is 6.31. The highest BCUT2D eigenvalue weighted by Crippen LogP contribution is 2.27. The minimum Gasteiger partial charge on any atom is -0.388 e. The minimum atomic E-state index is -0.365. The van der Waals surface area contributed by atoms with Crippen molar-refractivity contribution in [2.45, 2.75) is 52.1 Å². The molecule has 1 aromatic rings. The predicted molar refractivity (Wildman–Crippen MR) is 69.9 cm³/mol. The van der Waals surface area contributed by atoms with E-state index in [9.17, 15) is 5.11 Å². The van der Waals surface area contributed by atoms with Gasteiger partial charge in [0, 0.05) is 5.02 Å². The van der Waals surface area contributed by atoms with Crippen molar-refractivity contribution in [3.8, 4) is 0 Å². The molecule has 0 saturated heterocycles.